The number of hydrogen-bond acceptors (Lipinski definition) is 4. The molecule has 13 heavy (non-hydrogen) atoms. The van der Waals surface area contributed by atoms with Gasteiger partial charge in [-0.05, 0) is 23.7 Å². The minimum absolute atomic E-state index is 0.0408. The zero-order chi connectivity index (χ0) is 9.84. The maximum atomic E-state index is 10.7. The molecular formula is C8H5ClN2O2. The predicted octanol–water partition coefficient (Wildman–Crippen LogP) is 1.34. The lowest BCUT2D eigenvalue weighted by Gasteiger charge is -2.01. The number of halogens is 1. The summed E-state index contributed by atoms with van der Waals surface area (Å²) in [5.74, 6) is 0.323. The smallest absolute Gasteiger partial charge is 0.270 e. The highest BCUT2D eigenvalue weighted by Crippen LogP contribution is 2.15. The van der Waals surface area contributed by atoms with Crippen LogP contribution >= 0.6 is 11.6 Å². The highest BCUT2D eigenvalue weighted by Gasteiger charge is 2.08. The minimum Gasteiger partial charge on any atom is -0.494 e. The standard InChI is InChI=1S/C8H5ClN2O2/c1-13-7-3-2-5(8(9)12)11-6(7)4-10/h2-3H,1H3. The van der Waals surface area contributed by atoms with Crippen molar-refractivity contribution in [1.29, 1.82) is 5.26 Å². The Hall–Kier alpha value is -1.60. The topological polar surface area (TPSA) is 63.0 Å². The normalized spacial score (nSPS) is 9.00. The van der Waals surface area contributed by atoms with E-state index < -0.39 is 5.24 Å². The van der Waals surface area contributed by atoms with E-state index in [9.17, 15) is 4.79 Å². The van der Waals surface area contributed by atoms with Crippen LogP contribution in [0.25, 0.3) is 0 Å². The summed E-state index contributed by atoms with van der Waals surface area (Å²) in [6.07, 6.45) is 0. The van der Waals surface area contributed by atoms with Crippen LogP contribution in [0.15, 0.2) is 12.1 Å². The van der Waals surface area contributed by atoms with Crippen LogP contribution in [0, 0.1) is 11.3 Å². The average Bonchev–Trinajstić information content (AvgIpc) is 2.16. The first-order valence-electron chi connectivity index (χ1n) is 3.34. The molecule has 0 atom stereocenters. The van der Waals surface area contributed by atoms with E-state index in [1.807, 2.05) is 0 Å². The first-order chi connectivity index (χ1) is 6.19. The van der Waals surface area contributed by atoms with E-state index in [-0.39, 0.29) is 11.4 Å². The number of carbonyl (C=O) groups is 1. The highest BCUT2D eigenvalue weighted by molar-refractivity contribution is 6.67. The van der Waals surface area contributed by atoms with E-state index in [2.05, 4.69) is 4.98 Å². The minimum atomic E-state index is -0.695. The Balaban J connectivity index is 3.23. The fourth-order valence-electron chi connectivity index (χ4n) is 0.801. The van der Waals surface area contributed by atoms with Crippen molar-refractivity contribution in [3.8, 4) is 11.8 Å². The number of rotatable bonds is 2. The Kier molecular flexibility index (Phi) is 2.83. The van der Waals surface area contributed by atoms with Crippen molar-refractivity contribution in [3.63, 3.8) is 0 Å². The Morgan fingerprint density at radius 2 is 2.38 bits per heavy atom. The number of carbonyl (C=O) groups excluding carboxylic acids is 1. The van der Waals surface area contributed by atoms with Crippen molar-refractivity contribution in [3.05, 3.63) is 23.5 Å². The van der Waals surface area contributed by atoms with Crippen molar-refractivity contribution in [2.75, 3.05) is 7.11 Å². The van der Waals surface area contributed by atoms with E-state index in [0.717, 1.165) is 0 Å². The number of ether oxygens (including phenoxy) is 1. The summed E-state index contributed by atoms with van der Waals surface area (Å²) >= 11 is 5.18. The lowest BCUT2D eigenvalue weighted by Crippen LogP contribution is -1.98. The average molecular weight is 197 g/mol. The summed E-state index contributed by atoms with van der Waals surface area (Å²) in [5, 5.41) is 7.91. The molecule has 1 rings (SSSR count). The molecule has 0 aromatic carbocycles. The molecule has 4 nitrogen and oxygen atoms in total. The molecule has 0 unspecified atom stereocenters. The number of nitriles is 1. The number of pyridine rings is 1. The third-order valence-corrected chi connectivity index (χ3v) is 1.58. The molecule has 0 fully saturated rings. The number of methoxy groups -OCH3 is 1. The zero-order valence-electron chi connectivity index (χ0n) is 6.74. The van der Waals surface area contributed by atoms with Crippen LogP contribution in [-0.4, -0.2) is 17.3 Å². The van der Waals surface area contributed by atoms with Gasteiger partial charge in [0.2, 0.25) is 0 Å². The van der Waals surface area contributed by atoms with Crippen LogP contribution < -0.4 is 4.74 Å². The second kappa shape index (κ2) is 3.87. The summed E-state index contributed by atoms with van der Waals surface area (Å²) in [6.45, 7) is 0. The van der Waals surface area contributed by atoms with Crippen LogP contribution in [-0.2, 0) is 0 Å². The number of nitrogens with zero attached hydrogens (tertiary/aromatic N) is 2. The SMILES string of the molecule is COc1ccc(C(=O)Cl)nc1C#N. The Morgan fingerprint density at radius 1 is 1.69 bits per heavy atom. The van der Waals surface area contributed by atoms with Crippen molar-refractivity contribution in [1.82, 2.24) is 4.98 Å². The van der Waals surface area contributed by atoms with E-state index in [1.165, 1.54) is 19.2 Å². The van der Waals surface area contributed by atoms with Crippen LogP contribution in [0.4, 0.5) is 0 Å². The molecule has 0 spiro atoms. The predicted molar refractivity (Wildman–Crippen MR) is 45.7 cm³/mol. The van der Waals surface area contributed by atoms with Gasteiger partial charge in [-0.1, -0.05) is 0 Å². The van der Waals surface area contributed by atoms with Gasteiger partial charge in [-0.3, -0.25) is 4.79 Å². The second-order valence-electron chi connectivity index (χ2n) is 2.13. The molecule has 1 aromatic rings. The second-order valence-corrected chi connectivity index (χ2v) is 2.48. The van der Waals surface area contributed by atoms with Crippen LogP contribution in [0.2, 0.25) is 0 Å². The molecule has 0 aliphatic rings. The summed E-state index contributed by atoms with van der Waals surface area (Å²) in [4.78, 5) is 14.4. The first-order valence-corrected chi connectivity index (χ1v) is 3.71. The van der Waals surface area contributed by atoms with Gasteiger partial charge in [-0.2, -0.15) is 5.26 Å². The van der Waals surface area contributed by atoms with Gasteiger partial charge in [-0.15, -0.1) is 0 Å². The Labute approximate surface area is 79.7 Å². The fraction of sp³-hybridized carbons (Fsp3) is 0.125. The first kappa shape index (κ1) is 9.49. The summed E-state index contributed by atoms with van der Waals surface area (Å²) in [6, 6.07) is 4.67. The van der Waals surface area contributed by atoms with Crippen LogP contribution in [0.3, 0.4) is 0 Å². The van der Waals surface area contributed by atoms with Crippen molar-refractivity contribution < 1.29 is 9.53 Å². The molecule has 0 aliphatic carbocycles. The maximum Gasteiger partial charge on any atom is 0.270 e. The third-order valence-electron chi connectivity index (χ3n) is 1.39. The molecule has 0 N–H and O–H groups in total. The van der Waals surface area contributed by atoms with Gasteiger partial charge >= 0.3 is 0 Å². The van der Waals surface area contributed by atoms with Crippen LogP contribution in [0.5, 0.6) is 5.75 Å². The van der Waals surface area contributed by atoms with Crippen molar-refractivity contribution in [2.45, 2.75) is 0 Å². The largest absolute Gasteiger partial charge is 0.494 e. The van der Waals surface area contributed by atoms with Gasteiger partial charge in [0.05, 0.1) is 7.11 Å². The number of hydrogen-bond donors (Lipinski definition) is 0. The van der Waals surface area contributed by atoms with E-state index in [4.69, 9.17) is 21.6 Å². The lowest BCUT2D eigenvalue weighted by atomic mass is 10.3. The van der Waals surface area contributed by atoms with E-state index in [1.54, 1.807) is 6.07 Å². The Morgan fingerprint density at radius 3 is 2.85 bits per heavy atom. The molecule has 0 bridgehead atoms. The van der Waals surface area contributed by atoms with Gasteiger partial charge in [0.25, 0.3) is 5.24 Å². The summed E-state index contributed by atoms with van der Waals surface area (Å²) in [7, 11) is 1.42. The van der Waals surface area contributed by atoms with Crippen molar-refractivity contribution >= 4 is 16.8 Å². The van der Waals surface area contributed by atoms with Crippen LogP contribution in [0.1, 0.15) is 16.2 Å². The van der Waals surface area contributed by atoms with Gasteiger partial charge in [0.1, 0.15) is 11.8 Å². The van der Waals surface area contributed by atoms with Gasteiger partial charge in [-0.25, -0.2) is 4.98 Å². The molecule has 0 amide bonds. The van der Waals surface area contributed by atoms with Crippen molar-refractivity contribution in [2.24, 2.45) is 0 Å². The maximum absolute atomic E-state index is 10.7. The lowest BCUT2D eigenvalue weighted by molar-refractivity contribution is 0.107. The highest BCUT2D eigenvalue weighted by atomic mass is 35.5. The van der Waals surface area contributed by atoms with E-state index >= 15 is 0 Å². The van der Waals surface area contributed by atoms with Gasteiger partial charge < -0.3 is 4.74 Å². The summed E-state index contributed by atoms with van der Waals surface area (Å²) < 4.78 is 4.83. The Bertz CT molecular complexity index is 384. The molecular weight excluding hydrogens is 192 g/mol. The molecule has 0 radical (unpaired) electrons. The zero-order valence-corrected chi connectivity index (χ0v) is 7.50. The monoisotopic (exact) mass is 196 g/mol. The molecule has 5 heteroatoms. The van der Waals surface area contributed by atoms with Gasteiger partial charge in [0.15, 0.2) is 11.4 Å². The molecule has 1 heterocycles. The summed E-state index contributed by atoms with van der Waals surface area (Å²) in [5.41, 5.74) is 0.0908. The molecule has 0 aliphatic heterocycles. The van der Waals surface area contributed by atoms with E-state index in [0.29, 0.717) is 5.75 Å². The molecule has 0 saturated heterocycles. The quantitative estimate of drug-likeness (QED) is 0.670. The molecule has 66 valence electrons. The third kappa shape index (κ3) is 1.95. The molecule has 1 aromatic heterocycles. The number of aromatic nitrogens is 1. The fourth-order valence-corrected chi connectivity index (χ4v) is 0.906. The molecule has 0 saturated carbocycles. The van der Waals surface area contributed by atoms with Gasteiger partial charge in [0, 0.05) is 0 Å².